The topological polar surface area (TPSA) is 15.3 Å². The Morgan fingerprint density at radius 2 is 1.88 bits per heavy atom. The van der Waals surface area contributed by atoms with E-state index in [1.807, 2.05) is 0 Å². The third kappa shape index (κ3) is 3.74. The largest absolute Gasteiger partial charge is 0.311 e. The van der Waals surface area contributed by atoms with Gasteiger partial charge in [-0.25, -0.2) is 0 Å². The number of nitrogens with one attached hydrogen (secondary N) is 1. The summed E-state index contributed by atoms with van der Waals surface area (Å²) in [6.45, 7) is 11.7. The summed E-state index contributed by atoms with van der Waals surface area (Å²) in [6, 6.07) is 2.25. The molecule has 1 fully saturated rings. The van der Waals surface area contributed by atoms with E-state index in [-0.39, 0.29) is 0 Å². The van der Waals surface area contributed by atoms with Gasteiger partial charge in [-0.2, -0.15) is 0 Å². The van der Waals surface area contributed by atoms with E-state index >= 15 is 0 Å². The van der Waals surface area contributed by atoms with Crippen LogP contribution in [0.5, 0.6) is 0 Å². The highest BCUT2D eigenvalue weighted by molar-refractivity contribution is 4.88. The van der Waals surface area contributed by atoms with Gasteiger partial charge >= 0.3 is 0 Å². The van der Waals surface area contributed by atoms with Crippen LogP contribution in [0.4, 0.5) is 0 Å². The normalized spacial score (nSPS) is 29.2. The predicted octanol–water partition coefficient (Wildman–Crippen LogP) is 3.03. The van der Waals surface area contributed by atoms with E-state index in [1.165, 1.54) is 45.2 Å². The van der Waals surface area contributed by atoms with Crippen LogP contribution in [-0.2, 0) is 0 Å². The fourth-order valence-electron chi connectivity index (χ4n) is 2.81. The Balaban J connectivity index is 2.54. The third-order valence-corrected chi connectivity index (χ3v) is 3.96. The summed E-state index contributed by atoms with van der Waals surface area (Å²) < 4.78 is 0. The number of piperazine rings is 1. The molecule has 1 N–H and O–H groups in total. The predicted molar refractivity (Wildman–Crippen MR) is 71.9 cm³/mol. The Bertz CT molecular complexity index is 182. The van der Waals surface area contributed by atoms with Gasteiger partial charge in [0, 0.05) is 31.2 Å². The number of rotatable bonds is 6. The Hall–Kier alpha value is -0.0800. The fraction of sp³-hybridized carbons (Fsp3) is 1.00. The van der Waals surface area contributed by atoms with Crippen molar-refractivity contribution in [2.75, 3.05) is 13.1 Å². The molecule has 96 valence electrons. The van der Waals surface area contributed by atoms with Crippen LogP contribution in [0.1, 0.15) is 59.8 Å². The average molecular weight is 226 g/mol. The molecular formula is C14H30N2. The molecule has 16 heavy (non-hydrogen) atoms. The lowest BCUT2D eigenvalue weighted by molar-refractivity contribution is 0.0787. The van der Waals surface area contributed by atoms with E-state index in [1.54, 1.807) is 0 Å². The van der Waals surface area contributed by atoms with Crippen LogP contribution in [0, 0.1) is 0 Å². The van der Waals surface area contributed by atoms with E-state index in [0.717, 1.165) is 18.1 Å². The maximum Gasteiger partial charge on any atom is 0.0224 e. The standard InChI is InChI=1S/C14H30N2/c1-5-8-13-11-16(12(4)7-3)14(9-6-2)10-15-13/h12-15H,5-11H2,1-4H3. The van der Waals surface area contributed by atoms with Crippen LogP contribution in [0.25, 0.3) is 0 Å². The summed E-state index contributed by atoms with van der Waals surface area (Å²) in [5.41, 5.74) is 0. The first-order valence-corrected chi connectivity index (χ1v) is 7.21. The summed E-state index contributed by atoms with van der Waals surface area (Å²) >= 11 is 0. The van der Waals surface area contributed by atoms with Gasteiger partial charge in [-0.15, -0.1) is 0 Å². The zero-order valence-electron chi connectivity index (χ0n) is 11.6. The summed E-state index contributed by atoms with van der Waals surface area (Å²) in [5, 5.41) is 3.72. The van der Waals surface area contributed by atoms with Gasteiger partial charge in [-0.1, -0.05) is 33.6 Å². The van der Waals surface area contributed by atoms with Crippen molar-refractivity contribution in [1.82, 2.24) is 10.2 Å². The smallest absolute Gasteiger partial charge is 0.0224 e. The van der Waals surface area contributed by atoms with E-state index in [9.17, 15) is 0 Å². The van der Waals surface area contributed by atoms with Gasteiger partial charge in [-0.05, 0) is 26.2 Å². The molecule has 1 aliphatic rings. The quantitative estimate of drug-likeness (QED) is 0.749. The number of hydrogen-bond donors (Lipinski definition) is 1. The molecule has 1 aliphatic heterocycles. The minimum absolute atomic E-state index is 0.729. The van der Waals surface area contributed by atoms with Crippen molar-refractivity contribution < 1.29 is 0 Å². The van der Waals surface area contributed by atoms with Crippen molar-refractivity contribution in [3.05, 3.63) is 0 Å². The fourth-order valence-corrected chi connectivity index (χ4v) is 2.81. The Morgan fingerprint density at radius 3 is 2.44 bits per heavy atom. The summed E-state index contributed by atoms with van der Waals surface area (Å²) in [5.74, 6) is 0. The minimum atomic E-state index is 0.729. The molecule has 1 saturated heterocycles. The second-order valence-electron chi connectivity index (χ2n) is 5.29. The van der Waals surface area contributed by atoms with Crippen molar-refractivity contribution >= 4 is 0 Å². The van der Waals surface area contributed by atoms with Gasteiger partial charge in [0.2, 0.25) is 0 Å². The molecule has 0 amide bonds. The van der Waals surface area contributed by atoms with E-state index in [2.05, 4.69) is 37.9 Å². The van der Waals surface area contributed by atoms with Crippen molar-refractivity contribution in [3.8, 4) is 0 Å². The maximum absolute atomic E-state index is 3.72. The van der Waals surface area contributed by atoms with Crippen molar-refractivity contribution in [2.45, 2.75) is 77.9 Å². The molecule has 2 heteroatoms. The van der Waals surface area contributed by atoms with Crippen molar-refractivity contribution in [3.63, 3.8) is 0 Å². The number of hydrogen-bond acceptors (Lipinski definition) is 2. The van der Waals surface area contributed by atoms with Crippen molar-refractivity contribution in [1.29, 1.82) is 0 Å². The second kappa shape index (κ2) is 7.29. The van der Waals surface area contributed by atoms with Gasteiger partial charge in [0.05, 0.1) is 0 Å². The van der Waals surface area contributed by atoms with Crippen LogP contribution in [0.3, 0.4) is 0 Å². The van der Waals surface area contributed by atoms with Crippen LogP contribution < -0.4 is 5.32 Å². The highest BCUT2D eigenvalue weighted by atomic mass is 15.2. The first kappa shape index (κ1) is 14.0. The molecule has 0 spiro atoms. The van der Waals surface area contributed by atoms with Gasteiger partial charge < -0.3 is 5.32 Å². The SMILES string of the molecule is CCCC1CN(C(C)CC)C(CCC)CN1. The molecule has 0 aromatic heterocycles. The lowest BCUT2D eigenvalue weighted by atomic mass is 9.99. The van der Waals surface area contributed by atoms with E-state index < -0.39 is 0 Å². The van der Waals surface area contributed by atoms with E-state index in [4.69, 9.17) is 0 Å². The Labute approximate surface area is 102 Å². The van der Waals surface area contributed by atoms with Gasteiger partial charge in [-0.3, -0.25) is 4.90 Å². The molecule has 0 bridgehead atoms. The highest BCUT2D eigenvalue weighted by Crippen LogP contribution is 2.18. The highest BCUT2D eigenvalue weighted by Gasteiger charge is 2.29. The van der Waals surface area contributed by atoms with Crippen LogP contribution in [0.2, 0.25) is 0 Å². The maximum atomic E-state index is 3.72. The molecule has 3 unspecified atom stereocenters. The lowest BCUT2D eigenvalue weighted by Crippen LogP contribution is -2.58. The molecule has 0 saturated carbocycles. The van der Waals surface area contributed by atoms with Gasteiger partial charge in [0.15, 0.2) is 0 Å². The summed E-state index contributed by atoms with van der Waals surface area (Å²) in [6.07, 6.45) is 6.54. The molecule has 0 aromatic rings. The summed E-state index contributed by atoms with van der Waals surface area (Å²) in [4.78, 5) is 2.75. The summed E-state index contributed by atoms with van der Waals surface area (Å²) in [7, 11) is 0. The molecule has 2 nitrogen and oxygen atoms in total. The molecule has 0 aliphatic carbocycles. The lowest BCUT2D eigenvalue weighted by Gasteiger charge is -2.43. The molecule has 0 radical (unpaired) electrons. The molecule has 0 aromatic carbocycles. The zero-order chi connectivity index (χ0) is 12.0. The molecule has 1 heterocycles. The third-order valence-electron chi connectivity index (χ3n) is 3.96. The molecule has 3 atom stereocenters. The van der Waals surface area contributed by atoms with Crippen LogP contribution in [0.15, 0.2) is 0 Å². The number of nitrogens with zero attached hydrogens (tertiary/aromatic N) is 1. The zero-order valence-corrected chi connectivity index (χ0v) is 11.6. The van der Waals surface area contributed by atoms with E-state index in [0.29, 0.717) is 0 Å². The first-order chi connectivity index (χ1) is 7.72. The Morgan fingerprint density at radius 1 is 1.19 bits per heavy atom. The van der Waals surface area contributed by atoms with Gasteiger partial charge in [0.1, 0.15) is 0 Å². The molecular weight excluding hydrogens is 196 g/mol. The first-order valence-electron chi connectivity index (χ1n) is 7.21. The second-order valence-corrected chi connectivity index (χ2v) is 5.29. The monoisotopic (exact) mass is 226 g/mol. The van der Waals surface area contributed by atoms with Gasteiger partial charge in [0.25, 0.3) is 0 Å². The van der Waals surface area contributed by atoms with Crippen LogP contribution >= 0.6 is 0 Å². The minimum Gasteiger partial charge on any atom is -0.311 e. The Kier molecular flexibility index (Phi) is 6.37. The van der Waals surface area contributed by atoms with Crippen LogP contribution in [-0.4, -0.2) is 36.1 Å². The van der Waals surface area contributed by atoms with Crippen molar-refractivity contribution in [2.24, 2.45) is 0 Å². The average Bonchev–Trinajstić information content (AvgIpc) is 2.31. The molecule has 1 rings (SSSR count).